The summed E-state index contributed by atoms with van der Waals surface area (Å²) in [5.74, 6) is 0. The lowest BCUT2D eigenvalue weighted by Gasteiger charge is -2.38. The molecule has 3 N–H and O–H groups in total. The molecule has 190 valence electrons. The zero-order chi connectivity index (χ0) is 25.3. The molecular formula is C29H35N3O4. The maximum absolute atomic E-state index is 12.0. The maximum atomic E-state index is 12.0. The van der Waals surface area contributed by atoms with Gasteiger partial charge in [0.15, 0.2) is 6.29 Å². The van der Waals surface area contributed by atoms with E-state index in [2.05, 4.69) is 46.8 Å². The van der Waals surface area contributed by atoms with E-state index < -0.39 is 6.29 Å². The first-order chi connectivity index (χ1) is 17.5. The molecule has 4 rings (SSSR count). The minimum Gasteiger partial charge on any atom is -0.392 e. The van der Waals surface area contributed by atoms with E-state index in [1.807, 2.05) is 61.5 Å². The molecule has 7 nitrogen and oxygen atoms in total. The van der Waals surface area contributed by atoms with Crippen LogP contribution in [0.25, 0.3) is 0 Å². The number of ether oxygens (including phenoxy) is 2. The highest BCUT2D eigenvalue weighted by atomic mass is 16.7. The molecule has 1 aliphatic rings. The first-order valence-electron chi connectivity index (χ1n) is 12.4. The molecule has 0 spiro atoms. The second-order valence-corrected chi connectivity index (χ2v) is 9.14. The van der Waals surface area contributed by atoms with Gasteiger partial charge in [0, 0.05) is 37.3 Å². The van der Waals surface area contributed by atoms with Crippen LogP contribution < -0.4 is 10.6 Å². The van der Waals surface area contributed by atoms with Crippen LogP contribution in [0.1, 0.15) is 48.0 Å². The molecule has 0 aliphatic carbocycles. The molecule has 2 amide bonds. The molecule has 3 aromatic carbocycles. The molecule has 1 saturated heterocycles. The van der Waals surface area contributed by atoms with Gasteiger partial charge in [-0.1, -0.05) is 66.7 Å². The standard InChI is InChI=1S/C29H35N3O4/c1-3-30-29(34)31-25-11-7-10-24(16-25)28-35-26(19-32(2)18-21-8-5-4-6-9-21)17-27(36-28)23-14-12-22(20-33)13-15-23/h4-16,26-28,33H,3,17-20H2,1-2H3,(H2,30,31,34)/t26-,27+,28+/m0/s1. The van der Waals surface area contributed by atoms with Gasteiger partial charge in [0.25, 0.3) is 0 Å². The molecule has 7 heteroatoms. The number of carbonyl (C=O) groups excluding carboxylic acids is 1. The smallest absolute Gasteiger partial charge is 0.319 e. The van der Waals surface area contributed by atoms with Gasteiger partial charge in [-0.3, -0.25) is 4.90 Å². The largest absolute Gasteiger partial charge is 0.392 e. The average molecular weight is 490 g/mol. The van der Waals surface area contributed by atoms with Crippen LogP contribution in [0.5, 0.6) is 0 Å². The number of likely N-dealkylation sites (N-methyl/N-ethyl adjacent to an activating group) is 1. The second kappa shape index (κ2) is 12.6. The van der Waals surface area contributed by atoms with Crippen molar-refractivity contribution in [2.75, 3.05) is 25.5 Å². The third kappa shape index (κ3) is 7.15. The van der Waals surface area contributed by atoms with Crippen LogP contribution >= 0.6 is 0 Å². The Morgan fingerprint density at radius 3 is 2.47 bits per heavy atom. The number of aliphatic hydroxyl groups is 1. The van der Waals surface area contributed by atoms with E-state index in [-0.39, 0.29) is 24.8 Å². The van der Waals surface area contributed by atoms with Crippen molar-refractivity contribution in [3.05, 3.63) is 101 Å². The van der Waals surface area contributed by atoms with Crippen LogP contribution in [0.3, 0.4) is 0 Å². The SMILES string of the molecule is CCNC(=O)Nc1cccc([C@@H]2O[C@H](CN(C)Cc3ccccc3)C[C@H](c3ccc(CO)cc3)O2)c1. The van der Waals surface area contributed by atoms with Gasteiger partial charge < -0.3 is 25.2 Å². The van der Waals surface area contributed by atoms with Crippen molar-refractivity contribution < 1.29 is 19.4 Å². The summed E-state index contributed by atoms with van der Waals surface area (Å²) in [5.41, 5.74) is 4.69. The Hall–Kier alpha value is -3.23. The van der Waals surface area contributed by atoms with Gasteiger partial charge >= 0.3 is 6.03 Å². The molecule has 0 bridgehead atoms. The number of nitrogens with zero attached hydrogens (tertiary/aromatic N) is 1. The molecule has 0 saturated carbocycles. The number of urea groups is 1. The van der Waals surface area contributed by atoms with E-state index in [1.54, 1.807) is 0 Å². The highest BCUT2D eigenvalue weighted by Crippen LogP contribution is 2.38. The average Bonchev–Trinajstić information content (AvgIpc) is 2.89. The van der Waals surface area contributed by atoms with Crippen LogP contribution in [-0.2, 0) is 22.6 Å². The van der Waals surface area contributed by atoms with Gasteiger partial charge in [0.05, 0.1) is 18.8 Å². The lowest BCUT2D eigenvalue weighted by atomic mass is 9.99. The van der Waals surface area contributed by atoms with E-state index in [4.69, 9.17) is 9.47 Å². The lowest BCUT2D eigenvalue weighted by molar-refractivity contribution is -0.252. The first-order valence-corrected chi connectivity index (χ1v) is 12.4. The molecule has 1 fully saturated rings. The second-order valence-electron chi connectivity index (χ2n) is 9.14. The van der Waals surface area contributed by atoms with Gasteiger partial charge in [-0.15, -0.1) is 0 Å². The zero-order valence-corrected chi connectivity index (χ0v) is 20.9. The number of rotatable bonds is 9. The summed E-state index contributed by atoms with van der Waals surface area (Å²) in [5, 5.41) is 15.0. The number of amides is 2. The van der Waals surface area contributed by atoms with Gasteiger partial charge in [0.2, 0.25) is 0 Å². The summed E-state index contributed by atoms with van der Waals surface area (Å²) in [6.07, 6.45) is -0.0794. The molecule has 3 atom stereocenters. The Bertz CT molecular complexity index is 1110. The topological polar surface area (TPSA) is 83.1 Å². The third-order valence-electron chi connectivity index (χ3n) is 6.18. The van der Waals surface area contributed by atoms with Crippen LogP contribution in [0.15, 0.2) is 78.9 Å². The van der Waals surface area contributed by atoms with E-state index in [9.17, 15) is 9.90 Å². The number of aliphatic hydroxyl groups excluding tert-OH is 1. The Morgan fingerprint density at radius 2 is 1.75 bits per heavy atom. The predicted octanol–water partition coefficient (Wildman–Crippen LogP) is 5.00. The van der Waals surface area contributed by atoms with Crippen LogP contribution in [0.4, 0.5) is 10.5 Å². The fraction of sp³-hybridized carbons (Fsp3) is 0.345. The molecule has 0 radical (unpaired) electrons. The minimum atomic E-state index is -0.577. The number of anilines is 1. The lowest BCUT2D eigenvalue weighted by Crippen LogP contribution is -2.37. The van der Waals surface area contributed by atoms with Crippen LogP contribution in [0, 0.1) is 0 Å². The summed E-state index contributed by atoms with van der Waals surface area (Å²) >= 11 is 0. The predicted molar refractivity (Wildman–Crippen MR) is 140 cm³/mol. The monoisotopic (exact) mass is 489 g/mol. The summed E-state index contributed by atoms with van der Waals surface area (Å²) in [7, 11) is 2.10. The van der Waals surface area contributed by atoms with E-state index in [0.29, 0.717) is 18.7 Å². The number of benzene rings is 3. The summed E-state index contributed by atoms with van der Waals surface area (Å²) < 4.78 is 12.9. The van der Waals surface area contributed by atoms with E-state index in [1.165, 1.54) is 5.56 Å². The first kappa shape index (κ1) is 25.9. The molecule has 1 aliphatic heterocycles. The van der Waals surface area contributed by atoms with E-state index >= 15 is 0 Å². The number of hydrogen-bond acceptors (Lipinski definition) is 5. The van der Waals surface area contributed by atoms with Crippen molar-refractivity contribution >= 4 is 11.7 Å². The highest BCUT2D eigenvalue weighted by molar-refractivity contribution is 5.89. The fourth-order valence-electron chi connectivity index (χ4n) is 4.44. The summed E-state index contributed by atoms with van der Waals surface area (Å²) in [6, 6.07) is 25.6. The Balaban J connectivity index is 1.52. The van der Waals surface area contributed by atoms with Crippen molar-refractivity contribution in [3.63, 3.8) is 0 Å². The third-order valence-corrected chi connectivity index (χ3v) is 6.18. The summed E-state index contributed by atoms with van der Waals surface area (Å²) in [4.78, 5) is 14.3. The van der Waals surface area contributed by atoms with Gasteiger partial charge in [-0.2, -0.15) is 0 Å². The number of carbonyl (C=O) groups is 1. The van der Waals surface area contributed by atoms with Gasteiger partial charge in [0.1, 0.15) is 0 Å². The molecule has 0 unspecified atom stereocenters. The number of nitrogens with one attached hydrogen (secondary N) is 2. The molecular weight excluding hydrogens is 454 g/mol. The van der Waals surface area contributed by atoms with Crippen LogP contribution in [0.2, 0.25) is 0 Å². The molecule has 1 heterocycles. The van der Waals surface area contributed by atoms with Crippen molar-refractivity contribution in [2.45, 2.75) is 45.0 Å². The quantitative estimate of drug-likeness (QED) is 0.394. The Morgan fingerprint density at radius 1 is 0.972 bits per heavy atom. The van der Waals surface area contributed by atoms with Crippen molar-refractivity contribution in [3.8, 4) is 0 Å². The normalized spacial score (nSPS) is 19.7. The van der Waals surface area contributed by atoms with Gasteiger partial charge in [-0.25, -0.2) is 4.79 Å². The highest BCUT2D eigenvalue weighted by Gasteiger charge is 2.33. The molecule has 3 aromatic rings. The van der Waals surface area contributed by atoms with Crippen molar-refractivity contribution in [1.82, 2.24) is 10.2 Å². The van der Waals surface area contributed by atoms with Crippen molar-refractivity contribution in [1.29, 1.82) is 0 Å². The minimum absolute atomic E-state index is 0.00977. The van der Waals surface area contributed by atoms with E-state index in [0.717, 1.165) is 29.8 Å². The van der Waals surface area contributed by atoms with Gasteiger partial charge in [-0.05, 0) is 42.8 Å². The number of hydrogen-bond donors (Lipinski definition) is 3. The Kier molecular flexibility index (Phi) is 9.08. The zero-order valence-electron chi connectivity index (χ0n) is 20.9. The van der Waals surface area contributed by atoms with Crippen molar-refractivity contribution in [2.24, 2.45) is 0 Å². The van der Waals surface area contributed by atoms with Crippen LogP contribution in [-0.4, -0.2) is 42.3 Å². The summed E-state index contributed by atoms with van der Waals surface area (Å²) in [6.45, 7) is 4.01. The molecule has 36 heavy (non-hydrogen) atoms. The maximum Gasteiger partial charge on any atom is 0.319 e. The molecule has 0 aromatic heterocycles. The Labute approximate surface area is 213 Å². The fourth-order valence-corrected chi connectivity index (χ4v) is 4.44.